The van der Waals surface area contributed by atoms with E-state index in [0.29, 0.717) is 0 Å². The molecule has 4 aromatic heterocycles. The molecule has 1 aliphatic rings. The molecule has 296 valence electrons. The van der Waals surface area contributed by atoms with Crippen LogP contribution in [-0.2, 0) is 20.1 Å². The molecule has 6 nitrogen and oxygen atoms in total. The number of nitrogens with zero attached hydrogens (tertiary/aromatic N) is 4. The van der Waals surface area contributed by atoms with E-state index in [2.05, 4.69) is 172 Å². The molecule has 0 amide bonds. The van der Waals surface area contributed by atoms with Crippen molar-refractivity contribution >= 4 is 12.6 Å². The van der Waals surface area contributed by atoms with E-state index in [9.17, 15) is 0 Å². The summed E-state index contributed by atoms with van der Waals surface area (Å²) in [5.74, 6) is 0. The van der Waals surface area contributed by atoms with Crippen LogP contribution in [0.3, 0.4) is 0 Å². The second-order valence-corrected chi connectivity index (χ2v) is 18.7. The minimum atomic E-state index is -0.565. The molecule has 1 fully saturated rings. The second-order valence-electron chi connectivity index (χ2n) is 18.7. The number of hydrogen-bond donors (Lipinski definition) is 0. The highest BCUT2D eigenvalue weighted by atomic mass is 16.7. The van der Waals surface area contributed by atoms with Gasteiger partial charge in [-0.2, -0.15) is 0 Å². The van der Waals surface area contributed by atoms with Crippen LogP contribution < -0.4 is 5.46 Å². The average molecular weight is 777 g/mol. The third kappa shape index (κ3) is 8.15. The van der Waals surface area contributed by atoms with Gasteiger partial charge in [0.1, 0.15) is 0 Å². The predicted octanol–water partition coefficient (Wildman–Crippen LogP) is 12.2. The van der Waals surface area contributed by atoms with Crippen molar-refractivity contribution in [2.45, 2.75) is 91.3 Å². The van der Waals surface area contributed by atoms with Crippen molar-refractivity contribution in [1.29, 1.82) is 0 Å². The molecule has 1 saturated heterocycles. The van der Waals surface area contributed by atoms with Gasteiger partial charge in [0, 0.05) is 58.2 Å². The summed E-state index contributed by atoms with van der Waals surface area (Å²) in [7, 11) is -0.565. The summed E-state index contributed by atoms with van der Waals surface area (Å²) in [6.45, 7) is 21.7. The van der Waals surface area contributed by atoms with Crippen LogP contribution in [0.1, 0.15) is 80.4 Å². The normalized spacial score (nSPS) is 15.1. The van der Waals surface area contributed by atoms with Gasteiger partial charge in [-0.05, 0) is 109 Å². The highest BCUT2D eigenvalue weighted by Crippen LogP contribution is 2.40. The summed E-state index contributed by atoms with van der Waals surface area (Å²) in [5.41, 5.74) is 14.4. The Bertz CT molecular complexity index is 2460. The smallest absolute Gasteiger partial charge is 0.399 e. The van der Waals surface area contributed by atoms with Gasteiger partial charge < -0.3 is 9.31 Å². The Hall–Kier alpha value is -5.76. The van der Waals surface area contributed by atoms with Crippen molar-refractivity contribution in [3.63, 3.8) is 0 Å². The van der Waals surface area contributed by atoms with Gasteiger partial charge in [-0.1, -0.05) is 114 Å². The Morgan fingerprint density at radius 3 is 1.20 bits per heavy atom. The molecule has 0 radical (unpaired) electrons. The lowest BCUT2D eigenvalue weighted by Gasteiger charge is -2.32. The Balaban J connectivity index is 1.21. The fourth-order valence-electron chi connectivity index (χ4n) is 7.52. The molecule has 5 heterocycles. The van der Waals surface area contributed by atoms with Gasteiger partial charge in [-0.15, -0.1) is 0 Å². The molecule has 0 saturated carbocycles. The van der Waals surface area contributed by atoms with Crippen molar-refractivity contribution in [3.05, 3.63) is 151 Å². The summed E-state index contributed by atoms with van der Waals surface area (Å²) in [6.07, 6.45) is 7.52. The van der Waals surface area contributed by atoms with Gasteiger partial charge in [-0.3, -0.25) is 19.9 Å². The molecule has 3 aromatic carbocycles. The van der Waals surface area contributed by atoms with E-state index in [0.717, 1.165) is 72.7 Å². The van der Waals surface area contributed by atoms with Crippen LogP contribution in [0.25, 0.3) is 67.3 Å². The first-order chi connectivity index (χ1) is 28.0. The summed E-state index contributed by atoms with van der Waals surface area (Å²) in [5, 5.41) is 0. The van der Waals surface area contributed by atoms with Crippen LogP contribution in [0.5, 0.6) is 0 Å². The summed E-state index contributed by atoms with van der Waals surface area (Å²) in [4.78, 5) is 19.4. The lowest BCUT2D eigenvalue weighted by molar-refractivity contribution is 0.00578. The zero-order valence-electron chi connectivity index (χ0n) is 36.0. The van der Waals surface area contributed by atoms with Crippen molar-refractivity contribution in [2.75, 3.05) is 0 Å². The molecule has 0 bridgehead atoms. The highest BCUT2D eigenvalue weighted by Gasteiger charge is 2.52. The van der Waals surface area contributed by atoms with Gasteiger partial charge in [0.2, 0.25) is 0 Å². The van der Waals surface area contributed by atoms with Gasteiger partial charge in [-0.25, -0.2) is 0 Å². The van der Waals surface area contributed by atoms with Crippen LogP contribution >= 0.6 is 0 Å². The van der Waals surface area contributed by atoms with E-state index < -0.39 is 18.3 Å². The van der Waals surface area contributed by atoms with Crippen molar-refractivity contribution < 1.29 is 9.31 Å². The van der Waals surface area contributed by atoms with Crippen molar-refractivity contribution in [2.24, 2.45) is 0 Å². The highest BCUT2D eigenvalue weighted by molar-refractivity contribution is 6.62. The van der Waals surface area contributed by atoms with Crippen LogP contribution in [0.2, 0.25) is 0 Å². The minimum Gasteiger partial charge on any atom is -0.399 e. The summed E-state index contributed by atoms with van der Waals surface area (Å²) >= 11 is 0. The van der Waals surface area contributed by atoms with E-state index >= 15 is 0 Å². The third-order valence-electron chi connectivity index (χ3n) is 11.9. The van der Waals surface area contributed by atoms with E-state index in [1.54, 1.807) is 0 Å². The third-order valence-corrected chi connectivity index (χ3v) is 11.9. The quantitative estimate of drug-likeness (QED) is 0.150. The molecule has 59 heavy (non-hydrogen) atoms. The first kappa shape index (κ1) is 40.0. The second kappa shape index (κ2) is 15.1. The zero-order chi connectivity index (χ0) is 41.7. The van der Waals surface area contributed by atoms with E-state index in [1.807, 2.05) is 36.9 Å². The number of pyridine rings is 4. The topological polar surface area (TPSA) is 70.0 Å². The summed E-state index contributed by atoms with van der Waals surface area (Å²) in [6, 6.07) is 40.6. The molecule has 8 rings (SSSR count). The molecule has 0 aliphatic carbocycles. The molecule has 1 aliphatic heterocycles. The zero-order valence-corrected chi connectivity index (χ0v) is 36.0. The Morgan fingerprint density at radius 2 is 0.814 bits per heavy atom. The van der Waals surface area contributed by atoms with Gasteiger partial charge >= 0.3 is 7.12 Å². The molecule has 0 N–H and O–H groups in total. The lowest BCUT2D eigenvalue weighted by atomic mass is 9.76. The van der Waals surface area contributed by atoms with Gasteiger partial charge in [0.15, 0.2) is 0 Å². The lowest BCUT2D eigenvalue weighted by Crippen LogP contribution is -2.41. The number of aromatic nitrogens is 4. The molecular formula is C52H53BN4O2. The maximum atomic E-state index is 6.67. The maximum Gasteiger partial charge on any atom is 0.494 e. The van der Waals surface area contributed by atoms with Crippen molar-refractivity contribution in [3.8, 4) is 67.3 Å². The Labute approximate surface area is 350 Å². The molecule has 7 aromatic rings. The minimum absolute atomic E-state index is 0.0337. The standard InChI is InChI=1S/C52H53BN4O2/c1-49(2,3)40-23-27-54-45(32-40)34-15-19-36(20-16-34)47-43(13-11-25-56-47)38-29-39(31-42(30-38)53-58-51(7,8)52(9,10)59-53)44-14-12-26-57-48(44)37-21-17-35(18-22-37)46-33-41(24-28-55-46)50(4,5)6/h11-33H,1-10H3. The van der Waals surface area contributed by atoms with Gasteiger partial charge in [0.25, 0.3) is 0 Å². The first-order valence-electron chi connectivity index (χ1n) is 20.5. The van der Waals surface area contributed by atoms with E-state index in [4.69, 9.17) is 29.2 Å². The monoisotopic (exact) mass is 776 g/mol. The van der Waals surface area contributed by atoms with E-state index in [-0.39, 0.29) is 10.8 Å². The maximum absolute atomic E-state index is 6.67. The fourth-order valence-corrected chi connectivity index (χ4v) is 7.52. The average Bonchev–Trinajstić information content (AvgIpc) is 3.46. The number of benzene rings is 3. The first-order valence-corrected chi connectivity index (χ1v) is 20.5. The van der Waals surface area contributed by atoms with Gasteiger partial charge in [0.05, 0.1) is 34.0 Å². The molecule has 0 spiro atoms. The molecule has 7 heteroatoms. The SMILES string of the molecule is CC(C)(C)c1ccnc(-c2ccc(-c3ncccc3-c3cc(B4OC(C)(C)C(C)(C)O4)cc(-c4cccnc4-c4ccc(-c5cc(C(C)(C)C)ccn5)cc4)c3)cc2)c1. The molecule has 0 atom stereocenters. The van der Waals surface area contributed by atoms with Crippen LogP contribution in [0, 0.1) is 0 Å². The molecular weight excluding hydrogens is 723 g/mol. The summed E-state index contributed by atoms with van der Waals surface area (Å²) < 4.78 is 13.3. The molecule has 0 unspecified atom stereocenters. The van der Waals surface area contributed by atoms with Crippen molar-refractivity contribution in [1.82, 2.24) is 19.9 Å². The predicted molar refractivity (Wildman–Crippen MR) is 243 cm³/mol. The fraction of sp³-hybridized carbons (Fsp3) is 0.269. The Morgan fingerprint density at radius 1 is 0.424 bits per heavy atom. The number of hydrogen-bond acceptors (Lipinski definition) is 6. The largest absolute Gasteiger partial charge is 0.494 e. The van der Waals surface area contributed by atoms with Crippen LogP contribution in [-0.4, -0.2) is 38.3 Å². The number of rotatable bonds is 7. The van der Waals surface area contributed by atoms with E-state index in [1.165, 1.54) is 11.1 Å². The van der Waals surface area contributed by atoms with Crippen LogP contribution in [0.4, 0.5) is 0 Å². The van der Waals surface area contributed by atoms with Crippen LogP contribution in [0.15, 0.2) is 140 Å². The Kier molecular flexibility index (Phi) is 10.3.